The van der Waals surface area contributed by atoms with Gasteiger partial charge in [-0.25, -0.2) is 4.79 Å². The molecule has 360 valence electrons. The monoisotopic (exact) mass is 881 g/mol. The van der Waals surface area contributed by atoms with E-state index in [9.17, 15) is 19.5 Å². The van der Waals surface area contributed by atoms with Crippen molar-refractivity contribution in [2.24, 2.45) is 0 Å². The molecule has 2 atom stereocenters. The van der Waals surface area contributed by atoms with Crippen LogP contribution in [-0.2, 0) is 28.6 Å². The van der Waals surface area contributed by atoms with Gasteiger partial charge in [-0.3, -0.25) is 9.59 Å². The van der Waals surface area contributed by atoms with Crippen molar-refractivity contribution in [2.75, 3.05) is 41.0 Å². The van der Waals surface area contributed by atoms with Crippen LogP contribution in [0, 0.1) is 0 Å². The zero-order valence-electron chi connectivity index (χ0n) is 41.0. The van der Waals surface area contributed by atoms with Crippen LogP contribution < -0.4 is 0 Å². The summed E-state index contributed by atoms with van der Waals surface area (Å²) in [5.74, 6) is -1.52. The number of rotatable bonds is 44. The van der Waals surface area contributed by atoms with Gasteiger partial charge in [0.05, 0.1) is 34.4 Å². The molecule has 0 aliphatic rings. The van der Waals surface area contributed by atoms with Gasteiger partial charge < -0.3 is 23.8 Å². The number of likely N-dealkylation sites (N-methyl/N-ethyl adjacent to an activating group) is 1. The van der Waals surface area contributed by atoms with E-state index in [2.05, 4.69) is 98.9 Å². The van der Waals surface area contributed by atoms with Crippen molar-refractivity contribution in [1.29, 1.82) is 0 Å². The zero-order valence-corrected chi connectivity index (χ0v) is 41.0. The summed E-state index contributed by atoms with van der Waals surface area (Å²) in [6, 6.07) is -0.627. The highest BCUT2D eigenvalue weighted by molar-refractivity contribution is 5.72. The Balaban J connectivity index is 4.38. The number of esters is 2. The predicted octanol–water partition coefficient (Wildman–Crippen LogP) is 14.5. The van der Waals surface area contributed by atoms with Crippen LogP contribution in [0.4, 0.5) is 0 Å². The molecule has 0 spiro atoms. The molecule has 0 aromatic rings. The summed E-state index contributed by atoms with van der Waals surface area (Å²) in [5.41, 5.74) is 0. The third-order valence-electron chi connectivity index (χ3n) is 10.8. The third kappa shape index (κ3) is 43.5. The van der Waals surface area contributed by atoms with Gasteiger partial charge in [-0.1, -0.05) is 176 Å². The number of ether oxygens (including phenoxy) is 3. The van der Waals surface area contributed by atoms with Crippen LogP contribution >= 0.6 is 0 Å². The molecule has 0 aromatic heterocycles. The SMILES string of the molecule is CCCCC/C=C/C/C=C/C/C=C/C/C=C/CCCCCCCC(=O)OC(COCCC(C(=O)O)[N+](C)(C)C)COC(=O)CCCCCCC/C=C/C=C/C=C/CCCCCCC. The maximum Gasteiger partial charge on any atom is 0.362 e. The molecule has 63 heavy (non-hydrogen) atoms. The van der Waals surface area contributed by atoms with Gasteiger partial charge in [0.1, 0.15) is 6.61 Å². The Labute approximate surface area is 386 Å². The van der Waals surface area contributed by atoms with E-state index >= 15 is 0 Å². The quantitative estimate of drug-likeness (QED) is 0.0214. The van der Waals surface area contributed by atoms with E-state index in [4.69, 9.17) is 14.2 Å². The number of hydrogen-bond acceptors (Lipinski definition) is 6. The molecule has 2 unspecified atom stereocenters. The lowest BCUT2D eigenvalue weighted by Gasteiger charge is -2.31. The van der Waals surface area contributed by atoms with E-state index in [1.807, 2.05) is 21.1 Å². The molecule has 0 heterocycles. The Morgan fingerprint density at radius 1 is 0.492 bits per heavy atom. The largest absolute Gasteiger partial charge is 0.477 e. The van der Waals surface area contributed by atoms with Crippen molar-refractivity contribution < 1.29 is 38.2 Å². The highest BCUT2D eigenvalue weighted by Gasteiger charge is 2.31. The number of quaternary nitrogens is 1. The Morgan fingerprint density at radius 3 is 1.40 bits per heavy atom. The molecule has 8 heteroatoms. The van der Waals surface area contributed by atoms with Gasteiger partial charge in [0, 0.05) is 19.3 Å². The van der Waals surface area contributed by atoms with E-state index in [0.717, 1.165) is 103 Å². The van der Waals surface area contributed by atoms with E-state index in [0.29, 0.717) is 19.3 Å². The van der Waals surface area contributed by atoms with E-state index < -0.39 is 18.1 Å². The lowest BCUT2D eigenvalue weighted by Crippen LogP contribution is -2.50. The first kappa shape index (κ1) is 59.5. The molecule has 0 amide bonds. The number of unbranched alkanes of at least 4 members (excludes halogenated alkanes) is 18. The average molecular weight is 881 g/mol. The molecule has 0 aliphatic carbocycles. The zero-order chi connectivity index (χ0) is 46.3. The first-order chi connectivity index (χ1) is 30.6. The minimum absolute atomic E-state index is 0.0418. The topological polar surface area (TPSA) is 99.1 Å². The lowest BCUT2D eigenvalue weighted by atomic mass is 10.1. The highest BCUT2D eigenvalue weighted by atomic mass is 16.6. The van der Waals surface area contributed by atoms with Gasteiger partial charge in [0.25, 0.3) is 0 Å². The lowest BCUT2D eigenvalue weighted by molar-refractivity contribution is -0.887. The molecular weight excluding hydrogens is 787 g/mol. The summed E-state index contributed by atoms with van der Waals surface area (Å²) >= 11 is 0. The van der Waals surface area contributed by atoms with E-state index in [-0.39, 0.29) is 36.2 Å². The van der Waals surface area contributed by atoms with Crippen molar-refractivity contribution in [1.82, 2.24) is 0 Å². The average Bonchev–Trinajstić information content (AvgIpc) is 3.24. The van der Waals surface area contributed by atoms with Crippen LogP contribution in [-0.4, -0.2) is 80.6 Å². The van der Waals surface area contributed by atoms with Crippen LogP contribution in [0.1, 0.15) is 194 Å². The van der Waals surface area contributed by atoms with Gasteiger partial charge in [-0.05, 0) is 83.5 Å². The number of allylic oxidation sites excluding steroid dienone is 14. The molecule has 0 bridgehead atoms. The minimum Gasteiger partial charge on any atom is -0.477 e. The molecule has 0 rings (SSSR count). The van der Waals surface area contributed by atoms with Crippen molar-refractivity contribution >= 4 is 17.9 Å². The van der Waals surface area contributed by atoms with Gasteiger partial charge in [0.2, 0.25) is 0 Å². The van der Waals surface area contributed by atoms with Crippen molar-refractivity contribution in [3.05, 3.63) is 85.1 Å². The molecular formula is C55H94NO7+. The molecule has 0 radical (unpaired) electrons. The second-order valence-corrected chi connectivity index (χ2v) is 17.8. The summed E-state index contributed by atoms with van der Waals surface area (Å²) in [6.45, 7) is 4.65. The third-order valence-corrected chi connectivity index (χ3v) is 10.8. The summed E-state index contributed by atoms with van der Waals surface area (Å²) in [6.07, 6.45) is 59.1. The van der Waals surface area contributed by atoms with Crippen molar-refractivity contribution in [3.63, 3.8) is 0 Å². The van der Waals surface area contributed by atoms with Gasteiger partial charge in [-0.2, -0.15) is 0 Å². The normalized spacial score (nSPS) is 13.6. The molecule has 0 saturated heterocycles. The molecule has 0 fully saturated rings. The number of carboxylic acid groups (broad SMARTS) is 1. The molecule has 0 saturated carbocycles. The van der Waals surface area contributed by atoms with Gasteiger partial charge >= 0.3 is 17.9 Å². The number of carbonyl (C=O) groups excluding carboxylic acids is 2. The van der Waals surface area contributed by atoms with E-state index in [1.165, 1.54) is 57.8 Å². The number of hydrogen-bond donors (Lipinski definition) is 1. The smallest absolute Gasteiger partial charge is 0.362 e. The van der Waals surface area contributed by atoms with Crippen molar-refractivity contribution in [3.8, 4) is 0 Å². The Hall–Kier alpha value is -3.49. The predicted molar refractivity (Wildman–Crippen MR) is 266 cm³/mol. The van der Waals surface area contributed by atoms with Crippen LogP contribution in [0.25, 0.3) is 0 Å². The Morgan fingerprint density at radius 2 is 0.905 bits per heavy atom. The summed E-state index contributed by atoms with van der Waals surface area (Å²) in [4.78, 5) is 37.1. The van der Waals surface area contributed by atoms with Crippen LogP contribution in [0.2, 0.25) is 0 Å². The standard InChI is InChI=1S/C55H93NO7/c1-6-8-10-12-14-16-18-20-22-24-26-27-28-30-32-34-36-38-40-42-44-46-54(58)63-51(49-61-48-47-52(55(59)60)56(3,4)5)50-62-53(57)45-43-41-39-37-35-33-31-29-25-23-21-19-17-15-13-11-9-7-2/h14,16,19-23,25-27,29-32,51-52H,6-13,15,17-18,24,28,33-50H2,1-5H3/p+1/b16-14+,21-19+,22-20+,25-23+,27-26+,31-29+,32-30+. The maximum absolute atomic E-state index is 12.8. The summed E-state index contributed by atoms with van der Waals surface area (Å²) in [5, 5.41) is 9.65. The number of carbonyl (C=O) groups is 3. The maximum atomic E-state index is 12.8. The van der Waals surface area contributed by atoms with Gasteiger partial charge in [-0.15, -0.1) is 0 Å². The second-order valence-electron chi connectivity index (χ2n) is 17.8. The fourth-order valence-corrected chi connectivity index (χ4v) is 6.90. The second kappa shape index (κ2) is 45.1. The molecule has 8 nitrogen and oxygen atoms in total. The molecule has 1 N–H and O–H groups in total. The Kier molecular flexibility index (Phi) is 42.6. The molecule has 0 aromatic carbocycles. The van der Waals surface area contributed by atoms with Crippen LogP contribution in [0.3, 0.4) is 0 Å². The summed E-state index contributed by atoms with van der Waals surface area (Å²) < 4.78 is 17.3. The minimum atomic E-state index is -0.884. The Bertz CT molecular complexity index is 1300. The fraction of sp³-hybridized carbons (Fsp3) is 0.691. The number of nitrogens with zero attached hydrogens (tertiary/aromatic N) is 1. The fourth-order valence-electron chi connectivity index (χ4n) is 6.90. The van der Waals surface area contributed by atoms with Crippen molar-refractivity contribution in [2.45, 2.75) is 206 Å². The highest BCUT2D eigenvalue weighted by Crippen LogP contribution is 2.13. The van der Waals surface area contributed by atoms with Crippen LogP contribution in [0.15, 0.2) is 85.1 Å². The first-order valence-corrected chi connectivity index (χ1v) is 25.2. The number of aliphatic carboxylic acids is 1. The summed E-state index contributed by atoms with van der Waals surface area (Å²) in [7, 11) is 5.51. The first-order valence-electron chi connectivity index (χ1n) is 25.2. The number of carboxylic acids is 1. The molecule has 0 aliphatic heterocycles. The van der Waals surface area contributed by atoms with Gasteiger partial charge in [0.15, 0.2) is 12.1 Å². The van der Waals surface area contributed by atoms with Crippen LogP contribution in [0.5, 0.6) is 0 Å². The van der Waals surface area contributed by atoms with E-state index in [1.54, 1.807) is 0 Å².